The lowest BCUT2D eigenvalue weighted by Crippen LogP contribution is -2.22. The van der Waals surface area contributed by atoms with E-state index < -0.39 is 11.6 Å². The minimum atomic E-state index is -0.517. The number of hydrogen-bond acceptors (Lipinski definition) is 5. The number of carbonyl (C=O) groups is 1. The highest BCUT2D eigenvalue weighted by molar-refractivity contribution is 5.87. The molecule has 0 spiro atoms. The molecule has 0 aliphatic heterocycles. The van der Waals surface area contributed by atoms with Crippen LogP contribution in [0.4, 0.5) is 0 Å². The van der Waals surface area contributed by atoms with Crippen LogP contribution in [0, 0.1) is 0 Å². The van der Waals surface area contributed by atoms with E-state index in [1.165, 1.54) is 13.2 Å². The Hall–Kier alpha value is -2.17. The Labute approximate surface area is 125 Å². The number of ether oxygens (including phenoxy) is 4. The van der Waals surface area contributed by atoms with Crippen LogP contribution in [0.1, 0.15) is 26.3 Å². The second kappa shape index (κ2) is 7.02. The van der Waals surface area contributed by atoms with Crippen molar-refractivity contribution in [3.63, 3.8) is 0 Å². The molecule has 0 fully saturated rings. The molecule has 1 aromatic rings. The van der Waals surface area contributed by atoms with Crippen LogP contribution in [0.5, 0.6) is 17.2 Å². The van der Waals surface area contributed by atoms with Crippen LogP contribution in [-0.4, -0.2) is 32.9 Å². The molecule has 0 radical (unpaired) electrons. The maximum atomic E-state index is 11.7. The summed E-state index contributed by atoms with van der Waals surface area (Å²) < 4.78 is 20.9. The van der Waals surface area contributed by atoms with Gasteiger partial charge < -0.3 is 18.9 Å². The Balaban J connectivity index is 3.01. The zero-order chi connectivity index (χ0) is 16.0. The van der Waals surface area contributed by atoms with Crippen LogP contribution in [-0.2, 0) is 9.53 Å². The van der Waals surface area contributed by atoms with Crippen LogP contribution in [0.2, 0.25) is 0 Å². The fourth-order valence-electron chi connectivity index (χ4n) is 1.70. The highest BCUT2D eigenvalue weighted by Crippen LogP contribution is 2.38. The lowest BCUT2D eigenvalue weighted by atomic mass is 10.1. The third kappa shape index (κ3) is 5.02. The van der Waals surface area contributed by atoms with Crippen LogP contribution < -0.4 is 14.2 Å². The molecular formula is C16H22O5. The van der Waals surface area contributed by atoms with Crippen molar-refractivity contribution < 1.29 is 23.7 Å². The summed E-state index contributed by atoms with van der Waals surface area (Å²) in [5, 5.41) is 0. The SMILES string of the molecule is COc1cc(C=CC(=O)OC(C)(C)C)cc(OC)c1OC. The summed E-state index contributed by atoms with van der Waals surface area (Å²) in [6.07, 6.45) is 3.00. The first-order valence-corrected chi connectivity index (χ1v) is 6.51. The van der Waals surface area contributed by atoms with E-state index in [-0.39, 0.29) is 0 Å². The topological polar surface area (TPSA) is 54.0 Å². The number of methoxy groups -OCH3 is 3. The highest BCUT2D eigenvalue weighted by atomic mass is 16.6. The normalized spacial score (nSPS) is 11.3. The molecule has 0 amide bonds. The standard InChI is InChI=1S/C16H22O5/c1-16(2,3)21-14(17)8-7-11-9-12(18-4)15(20-6)13(10-11)19-5/h7-10H,1-6H3. The maximum absolute atomic E-state index is 11.7. The third-order valence-electron chi connectivity index (χ3n) is 2.51. The fraction of sp³-hybridized carbons (Fsp3) is 0.438. The number of esters is 1. The van der Waals surface area contributed by atoms with Crippen LogP contribution in [0.3, 0.4) is 0 Å². The van der Waals surface area contributed by atoms with Crippen molar-refractivity contribution in [3.8, 4) is 17.2 Å². The average molecular weight is 294 g/mol. The lowest BCUT2D eigenvalue weighted by molar-refractivity contribution is -0.148. The van der Waals surface area contributed by atoms with Gasteiger partial charge in [-0.15, -0.1) is 0 Å². The van der Waals surface area contributed by atoms with Gasteiger partial charge in [0, 0.05) is 6.08 Å². The van der Waals surface area contributed by atoms with Gasteiger partial charge >= 0.3 is 5.97 Å². The molecule has 21 heavy (non-hydrogen) atoms. The van der Waals surface area contributed by atoms with Gasteiger partial charge in [0.2, 0.25) is 5.75 Å². The van der Waals surface area contributed by atoms with Crippen molar-refractivity contribution >= 4 is 12.0 Å². The molecule has 0 aliphatic rings. The Morgan fingerprint density at radius 1 is 1.00 bits per heavy atom. The molecule has 0 saturated carbocycles. The summed E-state index contributed by atoms with van der Waals surface area (Å²) in [7, 11) is 4.62. The lowest BCUT2D eigenvalue weighted by Gasteiger charge is -2.18. The zero-order valence-electron chi connectivity index (χ0n) is 13.4. The van der Waals surface area contributed by atoms with E-state index >= 15 is 0 Å². The first-order chi connectivity index (χ1) is 9.80. The molecule has 0 atom stereocenters. The van der Waals surface area contributed by atoms with Crippen LogP contribution in [0.25, 0.3) is 6.08 Å². The largest absolute Gasteiger partial charge is 0.493 e. The molecular weight excluding hydrogens is 272 g/mol. The summed E-state index contributed by atoms with van der Waals surface area (Å²) in [6, 6.07) is 3.50. The van der Waals surface area contributed by atoms with Gasteiger partial charge in [0.1, 0.15) is 5.60 Å². The quantitative estimate of drug-likeness (QED) is 0.617. The van der Waals surface area contributed by atoms with Gasteiger partial charge in [-0.3, -0.25) is 0 Å². The highest BCUT2D eigenvalue weighted by Gasteiger charge is 2.15. The summed E-state index contributed by atoms with van der Waals surface area (Å²) in [5.74, 6) is 1.16. The Kier molecular flexibility index (Phi) is 5.64. The first-order valence-electron chi connectivity index (χ1n) is 6.51. The Morgan fingerprint density at radius 2 is 1.52 bits per heavy atom. The number of benzene rings is 1. The molecule has 1 rings (SSSR count). The van der Waals surface area contributed by atoms with Gasteiger partial charge in [0.05, 0.1) is 21.3 Å². The van der Waals surface area contributed by atoms with Gasteiger partial charge in [-0.05, 0) is 44.5 Å². The molecule has 5 heteroatoms. The molecule has 0 saturated heterocycles. The van der Waals surface area contributed by atoms with Crippen LogP contribution in [0.15, 0.2) is 18.2 Å². The Morgan fingerprint density at radius 3 is 1.90 bits per heavy atom. The van der Waals surface area contributed by atoms with Gasteiger partial charge in [-0.25, -0.2) is 4.79 Å². The molecule has 0 aromatic heterocycles. The van der Waals surface area contributed by atoms with Crippen molar-refractivity contribution in [2.24, 2.45) is 0 Å². The number of carbonyl (C=O) groups excluding carboxylic acids is 1. The number of hydrogen-bond donors (Lipinski definition) is 0. The molecule has 0 heterocycles. The van der Waals surface area contributed by atoms with E-state index in [2.05, 4.69) is 0 Å². The second-order valence-corrected chi connectivity index (χ2v) is 5.33. The summed E-state index contributed by atoms with van der Waals surface area (Å²) in [4.78, 5) is 11.7. The molecule has 1 aromatic carbocycles. The molecule has 5 nitrogen and oxygen atoms in total. The predicted octanol–water partition coefficient (Wildman–Crippen LogP) is 3.07. The summed E-state index contributed by atoms with van der Waals surface area (Å²) in [6.45, 7) is 5.45. The molecule has 0 unspecified atom stereocenters. The van der Waals surface area contributed by atoms with E-state index in [0.717, 1.165) is 5.56 Å². The molecule has 0 bridgehead atoms. The van der Waals surface area contributed by atoms with Gasteiger partial charge in [-0.1, -0.05) is 0 Å². The monoisotopic (exact) mass is 294 g/mol. The minimum Gasteiger partial charge on any atom is -0.493 e. The molecule has 0 N–H and O–H groups in total. The summed E-state index contributed by atoms with van der Waals surface area (Å²) in [5.41, 5.74) is 0.229. The van der Waals surface area contributed by atoms with Gasteiger partial charge in [0.15, 0.2) is 11.5 Å². The molecule has 116 valence electrons. The van der Waals surface area contributed by atoms with Crippen molar-refractivity contribution in [2.75, 3.05) is 21.3 Å². The second-order valence-electron chi connectivity index (χ2n) is 5.33. The van der Waals surface area contributed by atoms with Crippen molar-refractivity contribution in [3.05, 3.63) is 23.8 Å². The predicted molar refractivity (Wildman–Crippen MR) is 81.0 cm³/mol. The number of rotatable bonds is 5. The van der Waals surface area contributed by atoms with E-state index in [1.54, 1.807) is 32.4 Å². The fourth-order valence-corrected chi connectivity index (χ4v) is 1.70. The maximum Gasteiger partial charge on any atom is 0.331 e. The first kappa shape index (κ1) is 16.9. The van der Waals surface area contributed by atoms with E-state index in [9.17, 15) is 4.79 Å². The third-order valence-corrected chi connectivity index (χ3v) is 2.51. The van der Waals surface area contributed by atoms with Crippen molar-refractivity contribution in [2.45, 2.75) is 26.4 Å². The zero-order valence-corrected chi connectivity index (χ0v) is 13.4. The smallest absolute Gasteiger partial charge is 0.331 e. The van der Waals surface area contributed by atoms with E-state index in [1.807, 2.05) is 20.8 Å². The van der Waals surface area contributed by atoms with Crippen LogP contribution >= 0.6 is 0 Å². The average Bonchev–Trinajstić information content (AvgIpc) is 2.41. The molecule has 0 aliphatic carbocycles. The minimum absolute atomic E-state index is 0.406. The Bertz CT molecular complexity index is 501. The van der Waals surface area contributed by atoms with Crippen molar-refractivity contribution in [1.82, 2.24) is 0 Å². The van der Waals surface area contributed by atoms with E-state index in [4.69, 9.17) is 18.9 Å². The van der Waals surface area contributed by atoms with Gasteiger partial charge in [0.25, 0.3) is 0 Å². The van der Waals surface area contributed by atoms with Crippen molar-refractivity contribution in [1.29, 1.82) is 0 Å². The van der Waals surface area contributed by atoms with Gasteiger partial charge in [-0.2, -0.15) is 0 Å². The van der Waals surface area contributed by atoms with E-state index in [0.29, 0.717) is 17.2 Å². The summed E-state index contributed by atoms with van der Waals surface area (Å²) >= 11 is 0.